The maximum Gasteiger partial charge on any atom is 0.256 e. The summed E-state index contributed by atoms with van der Waals surface area (Å²) in [5.74, 6) is -0.478. The summed E-state index contributed by atoms with van der Waals surface area (Å²) in [4.78, 5) is 28.1. The average Bonchev–Trinajstić information content (AvgIpc) is 2.67. The summed E-state index contributed by atoms with van der Waals surface area (Å²) in [5, 5.41) is 14.3. The normalized spacial score (nSPS) is 19.1. The van der Waals surface area contributed by atoms with Crippen LogP contribution in [0.15, 0.2) is 59.5 Å². The van der Waals surface area contributed by atoms with Crippen molar-refractivity contribution >= 4 is 16.8 Å². The topological polar surface area (TPSA) is 82.2 Å². The van der Waals surface area contributed by atoms with Gasteiger partial charge in [0, 0.05) is 17.1 Å². The van der Waals surface area contributed by atoms with Crippen molar-refractivity contribution in [1.29, 1.82) is 0 Å². The zero-order valence-corrected chi connectivity index (χ0v) is 14.3. The molecule has 0 saturated carbocycles. The Kier molecular flexibility index (Phi) is 4.09. The molecule has 3 aromatic rings. The summed E-state index contributed by atoms with van der Waals surface area (Å²) in [6.07, 6.45) is 3.80. The van der Waals surface area contributed by atoms with Crippen molar-refractivity contribution in [2.24, 2.45) is 0 Å². The third kappa shape index (κ3) is 2.80. The number of nitrogens with one attached hydrogen (secondary N) is 2. The molecule has 1 aliphatic rings. The van der Waals surface area contributed by atoms with Crippen molar-refractivity contribution in [3.8, 4) is 0 Å². The Balaban J connectivity index is 1.59. The molecule has 0 radical (unpaired) electrons. The number of H-pyrrole nitrogens is 1. The predicted octanol–water partition coefficient (Wildman–Crippen LogP) is 2.48. The van der Waals surface area contributed by atoms with E-state index in [1.807, 2.05) is 30.3 Å². The molecule has 5 heteroatoms. The van der Waals surface area contributed by atoms with Crippen LogP contribution in [0.2, 0.25) is 0 Å². The van der Waals surface area contributed by atoms with Gasteiger partial charge in [0.15, 0.2) is 0 Å². The van der Waals surface area contributed by atoms with Gasteiger partial charge in [-0.3, -0.25) is 9.59 Å². The second kappa shape index (κ2) is 6.42. The summed E-state index contributed by atoms with van der Waals surface area (Å²) >= 11 is 0. The van der Waals surface area contributed by atoms with Gasteiger partial charge in [-0.25, -0.2) is 0 Å². The van der Waals surface area contributed by atoms with Crippen molar-refractivity contribution in [3.05, 3.63) is 81.6 Å². The largest absolute Gasteiger partial charge is 0.383 e. The Morgan fingerprint density at radius 1 is 1.15 bits per heavy atom. The maximum atomic E-state index is 12.6. The third-order valence-electron chi connectivity index (χ3n) is 5.13. The van der Waals surface area contributed by atoms with Crippen LogP contribution in [0.25, 0.3) is 10.9 Å². The number of hydrogen-bond donors (Lipinski definition) is 3. The summed E-state index contributed by atoms with van der Waals surface area (Å²) in [7, 11) is 0. The number of aliphatic hydroxyl groups is 1. The molecule has 26 heavy (non-hydrogen) atoms. The van der Waals surface area contributed by atoms with Gasteiger partial charge in [-0.05, 0) is 42.5 Å². The molecular formula is C21H20N2O3. The average molecular weight is 348 g/mol. The summed E-state index contributed by atoms with van der Waals surface area (Å²) in [6.45, 7) is 0.0785. The van der Waals surface area contributed by atoms with E-state index in [9.17, 15) is 14.7 Å². The van der Waals surface area contributed by atoms with Gasteiger partial charge in [0.1, 0.15) is 11.2 Å². The minimum Gasteiger partial charge on any atom is -0.383 e. The molecule has 1 atom stereocenters. The molecule has 0 bridgehead atoms. The second-order valence-corrected chi connectivity index (χ2v) is 6.80. The Morgan fingerprint density at radius 2 is 1.92 bits per heavy atom. The molecule has 1 unspecified atom stereocenters. The van der Waals surface area contributed by atoms with E-state index in [0.717, 1.165) is 24.0 Å². The van der Waals surface area contributed by atoms with Crippen molar-refractivity contribution in [3.63, 3.8) is 0 Å². The van der Waals surface area contributed by atoms with Gasteiger partial charge >= 0.3 is 0 Å². The highest BCUT2D eigenvalue weighted by atomic mass is 16.3. The maximum absolute atomic E-state index is 12.6. The lowest BCUT2D eigenvalue weighted by molar-refractivity contribution is 0.0189. The first-order valence-corrected chi connectivity index (χ1v) is 8.78. The number of benzene rings is 2. The Hall–Kier alpha value is -2.92. The van der Waals surface area contributed by atoms with E-state index in [0.29, 0.717) is 17.3 Å². The highest BCUT2D eigenvalue weighted by molar-refractivity contribution is 5.97. The fraction of sp³-hybridized carbons (Fsp3) is 0.238. The van der Waals surface area contributed by atoms with Gasteiger partial charge in [-0.2, -0.15) is 0 Å². The number of amides is 1. The van der Waals surface area contributed by atoms with Gasteiger partial charge in [-0.15, -0.1) is 0 Å². The number of aromatic amines is 1. The monoisotopic (exact) mass is 348 g/mol. The van der Waals surface area contributed by atoms with Crippen molar-refractivity contribution < 1.29 is 9.90 Å². The van der Waals surface area contributed by atoms with Gasteiger partial charge < -0.3 is 15.4 Å². The first-order chi connectivity index (χ1) is 12.6. The van der Waals surface area contributed by atoms with Gasteiger partial charge in [0.05, 0.1) is 6.54 Å². The van der Waals surface area contributed by atoms with E-state index in [-0.39, 0.29) is 17.5 Å². The van der Waals surface area contributed by atoms with Crippen molar-refractivity contribution in [2.75, 3.05) is 6.54 Å². The quantitative estimate of drug-likeness (QED) is 0.680. The van der Waals surface area contributed by atoms with Crippen molar-refractivity contribution in [2.45, 2.75) is 24.9 Å². The van der Waals surface area contributed by atoms with Crippen LogP contribution in [-0.4, -0.2) is 22.5 Å². The van der Waals surface area contributed by atoms with Gasteiger partial charge in [0.25, 0.3) is 5.91 Å². The molecule has 1 aliphatic carbocycles. The van der Waals surface area contributed by atoms with Crippen LogP contribution in [0.3, 0.4) is 0 Å². The number of hydrogen-bond acceptors (Lipinski definition) is 3. The number of fused-ring (bicyclic) bond motifs is 2. The minimum atomic E-state index is -1.10. The molecule has 2 aromatic carbocycles. The Bertz CT molecular complexity index is 1040. The molecule has 0 saturated heterocycles. The lowest BCUT2D eigenvalue weighted by Gasteiger charge is -2.34. The first-order valence-electron chi connectivity index (χ1n) is 8.78. The van der Waals surface area contributed by atoms with Crippen molar-refractivity contribution in [1.82, 2.24) is 10.3 Å². The first kappa shape index (κ1) is 16.5. The summed E-state index contributed by atoms with van der Waals surface area (Å²) < 4.78 is 0. The Labute approximate surface area is 150 Å². The van der Waals surface area contributed by atoms with E-state index in [4.69, 9.17) is 0 Å². The van der Waals surface area contributed by atoms with Crippen LogP contribution < -0.4 is 10.7 Å². The smallest absolute Gasteiger partial charge is 0.256 e. The molecule has 1 aromatic heterocycles. The van der Waals surface area contributed by atoms with E-state index in [1.165, 1.54) is 6.20 Å². The number of para-hydroxylation sites is 1. The number of aryl methyl sites for hydroxylation is 1. The molecular weight excluding hydrogens is 328 g/mol. The molecule has 0 fully saturated rings. The Morgan fingerprint density at radius 3 is 2.81 bits per heavy atom. The number of aromatic nitrogens is 1. The lowest BCUT2D eigenvalue weighted by Crippen LogP contribution is -2.43. The molecule has 3 N–H and O–H groups in total. The van der Waals surface area contributed by atoms with Crippen LogP contribution in [0.1, 0.15) is 34.3 Å². The van der Waals surface area contributed by atoms with Crippen LogP contribution in [0.5, 0.6) is 0 Å². The highest BCUT2D eigenvalue weighted by Gasteiger charge is 2.34. The standard InChI is InChI=1S/C21H20N2O3/c24-19-15-8-2-4-10-18(15)22-12-16(19)20(25)23-13-21(26)11-5-7-14-6-1-3-9-17(14)21/h1-4,6,8-10,12,26H,5,7,11,13H2,(H,22,24)(H,23,25). The fourth-order valence-corrected chi connectivity index (χ4v) is 3.74. The van der Waals surface area contributed by atoms with Gasteiger partial charge in [-0.1, -0.05) is 36.4 Å². The van der Waals surface area contributed by atoms with E-state index in [1.54, 1.807) is 18.2 Å². The van der Waals surface area contributed by atoms with Gasteiger partial charge in [0.2, 0.25) is 5.43 Å². The zero-order valence-electron chi connectivity index (χ0n) is 14.3. The lowest BCUT2D eigenvalue weighted by atomic mass is 9.79. The van der Waals surface area contributed by atoms with E-state index in [2.05, 4.69) is 10.3 Å². The van der Waals surface area contributed by atoms with Crippen LogP contribution in [-0.2, 0) is 12.0 Å². The molecule has 1 amide bonds. The summed E-state index contributed by atoms with van der Waals surface area (Å²) in [6, 6.07) is 14.8. The molecule has 4 rings (SSSR count). The summed E-state index contributed by atoms with van der Waals surface area (Å²) in [5.41, 5.74) is 1.30. The second-order valence-electron chi connectivity index (χ2n) is 6.80. The third-order valence-corrected chi connectivity index (χ3v) is 5.13. The van der Waals surface area contributed by atoms with Crippen LogP contribution in [0, 0.1) is 0 Å². The van der Waals surface area contributed by atoms with E-state index < -0.39 is 11.5 Å². The molecule has 5 nitrogen and oxygen atoms in total. The van der Waals surface area contributed by atoms with E-state index >= 15 is 0 Å². The molecule has 0 spiro atoms. The number of carbonyl (C=O) groups excluding carboxylic acids is 1. The van der Waals surface area contributed by atoms with Crippen LogP contribution in [0.4, 0.5) is 0 Å². The zero-order chi connectivity index (χ0) is 18.1. The predicted molar refractivity (Wildman–Crippen MR) is 100 cm³/mol. The highest BCUT2D eigenvalue weighted by Crippen LogP contribution is 2.34. The molecule has 132 valence electrons. The number of pyridine rings is 1. The number of carbonyl (C=O) groups is 1. The van der Waals surface area contributed by atoms with Crippen LogP contribution >= 0.6 is 0 Å². The molecule has 0 aliphatic heterocycles. The number of rotatable bonds is 3. The fourth-order valence-electron chi connectivity index (χ4n) is 3.74. The molecule has 1 heterocycles. The minimum absolute atomic E-state index is 0.0522. The SMILES string of the molecule is O=C(NCC1(O)CCCc2ccccc21)c1c[nH]c2ccccc2c1=O.